The summed E-state index contributed by atoms with van der Waals surface area (Å²) in [5.74, 6) is -2.00. The summed E-state index contributed by atoms with van der Waals surface area (Å²) in [5.41, 5.74) is 4.14. The van der Waals surface area contributed by atoms with E-state index in [2.05, 4.69) is 10.7 Å². The van der Waals surface area contributed by atoms with Gasteiger partial charge in [0.2, 0.25) is 0 Å². The molecule has 1 heterocycles. The molecule has 0 bridgehead atoms. The smallest absolute Gasteiger partial charge is 0.327 e. The van der Waals surface area contributed by atoms with Gasteiger partial charge in [0.25, 0.3) is 5.91 Å². The van der Waals surface area contributed by atoms with Crippen molar-refractivity contribution in [2.24, 2.45) is 0 Å². The maximum Gasteiger partial charge on any atom is 0.327 e. The molecule has 1 aromatic heterocycles. The predicted molar refractivity (Wildman–Crippen MR) is 89.2 cm³/mol. The van der Waals surface area contributed by atoms with Crippen LogP contribution < -0.4 is 20.9 Å². The molecule has 0 radical (unpaired) electrons. The van der Waals surface area contributed by atoms with Crippen LogP contribution in [0.1, 0.15) is 16.1 Å². The van der Waals surface area contributed by atoms with E-state index in [9.17, 15) is 14.4 Å². The first-order chi connectivity index (χ1) is 11.9. The highest BCUT2D eigenvalue weighted by atomic mass is 35.5. The number of furan rings is 1. The highest BCUT2D eigenvalue weighted by Gasteiger charge is 2.17. The average Bonchev–Trinajstić information content (AvgIpc) is 3.10. The van der Waals surface area contributed by atoms with Crippen molar-refractivity contribution in [2.75, 3.05) is 7.11 Å². The Morgan fingerprint density at radius 3 is 2.36 bits per heavy atom. The lowest BCUT2D eigenvalue weighted by Crippen LogP contribution is -2.48. The van der Waals surface area contributed by atoms with E-state index in [0.29, 0.717) is 5.76 Å². The minimum atomic E-state index is -1.05. The van der Waals surface area contributed by atoms with Gasteiger partial charge in [-0.1, -0.05) is 23.2 Å². The van der Waals surface area contributed by atoms with E-state index < -0.39 is 17.7 Å². The fraction of sp³-hybridized carbons (Fsp3) is 0.133. The van der Waals surface area contributed by atoms with E-state index in [4.69, 9.17) is 32.4 Å². The van der Waals surface area contributed by atoms with Gasteiger partial charge in [0.05, 0.1) is 30.0 Å². The molecule has 3 amide bonds. The first kappa shape index (κ1) is 18.6. The summed E-state index contributed by atoms with van der Waals surface area (Å²) in [5, 5.41) is 2.58. The number of hydrogen-bond acceptors (Lipinski definition) is 5. The lowest BCUT2D eigenvalue weighted by atomic mass is 10.2. The number of amides is 3. The summed E-state index contributed by atoms with van der Waals surface area (Å²) in [6.07, 6.45) is 1.44. The largest absolute Gasteiger partial charge is 0.494 e. The molecule has 0 fully saturated rings. The summed E-state index contributed by atoms with van der Waals surface area (Å²) < 4.78 is 9.98. The van der Waals surface area contributed by atoms with Gasteiger partial charge in [-0.2, -0.15) is 0 Å². The van der Waals surface area contributed by atoms with Crippen LogP contribution >= 0.6 is 23.2 Å². The number of benzene rings is 1. The molecule has 0 spiro atoms. The van der Waals surface area contributed by atoms with Gasteiger partial charge in [-0.25, -0.2) is 0 Å². The van der Waals surface area contributed by atoms with Crippen LogP contribution in [-0.2, 0) is 16.1 Å². The first-order valence-electron chi connectivity index (χ1n) is 6.86. The van der Waals surface area contributed by atoms with Gasteiger partial charge < -0.3 is 14.5 Å². The number of ether oxygens (including phenoxy) is 1. The molecular weight excluding hydrogens is 373 g/mol. The Hall–Kier alpha value is -2.71. The van der Waals surface area contributed by atoms with Gasteiger partial charge in [0, 0.05) is 5.56 Å². The number of hydrogen-bond donors (Lipinski definition) is 3. The van der Waals surface area contributed by atoms with Crippen molar-refractivity contribution in [1.29, 1.82) is 0 Å². The molecule has 10 heteroatoms. The second-order valence-corrected chi connectivity index (χ2v) is 5.46. The molecule has 0 atom stereocenters. The third kappa shape index (κ3) is 4.88. The van der Waals surface area contributed by atoms with Crippen LogP contribution in [0.2, 0.25) is 10.0 Å². The Morgan fingerprint density at radius 2 is 1.80 bits per heavy atom. The second kappa shape index (κ2) is 8.41. The number of hydrazine groups is 1. The van der Waals surface area contributed by atoms with Crippen molar-refractivity contribution >= 4 is 40.9 Å². The Morgan fingerprint density at radius 1 is 1.12 bits per heavy atom. The topological polar surface area (TPSA) is 110 Å². The monoisotopic (exact) mass is 385 g/mol. The molecule has 2 aromatic rings. The van der Waals surface area contributed by atoms with Gasteiger partial charge in [-0.3, -0.25) is 25.2 Å². The summed E-state index contributed by atoms with van der Waals surface area (Å²) in [7, 11) is 1.38. The SMILES string of the molecule is COc1c(Cl)cc(C(=O)NNC(=O)C(=O)NCc2ccco2)cc1Cl. The minimum Gasteiger partial charge on any atom is -0.494 e. The van der Waals surface area contributed by atoms with Gasteiger partial charge in [-0.15, -0.1) is 0 Å². The molecule has 3 N–H and O–H groups in total. The number of halogens is 2. The van der Waals surface area contributed by atoms with E-state index in [1.807, 2.05) is 5.43 Å². The van der Waals surface area contributed by atoms with Gasteiger partial charge in [-0.05, 0) is 24.3 Å². The zero-order chi connectivity index (χ0) is 18.4. The molecule has 132 valence electrons. The number of methoxy groups -OCH3 is 1. The van der Waals surface area contributed by atoms with E-state index >= 15 is 0 Å². The Labute approximate surface area is 152 Å². The molecule has 8 nitrogen and oxygen atoms in total. The predicted octanol–water partition coefficient (Wildman–Crippen LogP) is 1.67. The van der Waals surface area contributed by atoms with Crippen molar-refractivity contribution in [1.82, 2.24) is 16.2 Å². The third-order valence-corrected chi connectivity index (χ3v) is 3.53. The number of nitrogens with one attached hydrogen (secondary N) is 3. The first-order valence-corrected chi connectivity index (χ1v) is 7.62. The average molecular weight is 386 g/mol. The summed E-state index contributed by atoms with van der Waals surface area (Å²) in [4.78, 5) is 35.2. The van der Waals surface area contributed by atoms with Crippen LogP contribution in [0.4, 0.5) is 0 Å². The molecule has 0 saturated heterocycles. The molecule has 0 aliphatic carbocycles. The number of carbonyl (C=O) groups excluding carboxylic acids is 3. The lowest BCUT2D eigenvalue weighted by Gasteiger charge is -2.10. The van der Waals surface area contributed by atoms with Crippen LogP contribution in [0, 0.1) is 0 Å². The summed E-state index contributed by atoms with van der Waals surface area (Å²) in [6, 6.07) is 5.90. The van der Waals surface area contributed by atoms with Crippen LogP contribution in [0.3, 0.4) is 0 Å². The highest BCUT2D eigenvalue weighted by molar-refractivity contribution is 6.38. The van der Waals surface area contributed by atoms with Crippen LogP contribution in [0.15, 0.2) is 34.9 Å². The van der Waals surface area contributed by atoms with Crippen LogP contribution in [0.25, 0.3) is 0 Å². The molecule has 2 rings (SSSR count). The standard InChI is InChI=1S/C15H13Cl2N3O5/c1-24-12-10(16)5-8(6-11(12)17)13(21)19-20-15(23)14(22)18-7-9-3-2-4-25-9/h2-6H,7H2,1H3,(H,18,22)(H,19,21)(H,20,23). The van der Waals surface area contributed by atoms with E-state index in [1.54, 1.807) is 12.1 Å². The lowest BCUT2D eigenvalue weighted by molar-refractivity contribution is -0.139. The number of carbonyl (C=O) groups is 3. The summed E-state index contributed by atoms with van der Waals surface area (Å²) in [6.45, 7) is 0.0386. The van der Waals surface area contributed by atoms with E-state index in [1.165, 1.54) is 25.5 Å². The molecule has 0 unspecified atom stereocenters. The maximum absolute atomic E-state index is 12.0. The normalized spacial score (nSPS) is 10.0. The zero-order valence-corrected chi connectivity index (χ0v) is 14.4. The van der Waals surface area contributed by atoms with Crippen molar-refractivity contribution < 1.29 is 23.5 Å². The van der Waals surface area contributed by atoms with Crippen molar-refractivity contribution in [3.05, 3.63) is 51.9 Å². The Balaban J connectivity index is 1.88. The molecular formula is C15H13Cl2N3O5. The van der Waals surface area contributed by atoms with Crippen molar-refractivity contribution in [3.63, 3.8) is 0 Å². The highest BCUT2D eigenvalue weighted by Crippen LogP contribution is 2.33. The van der Waals surface area contributed by atoms with E-state index in [-0.39, 0.29) is 27.9 Å². The van der Waals surface area contributed by atoms with Gasteiger partial charge in [0.15, 0.2) is 5.75 Å². The fourth-order valence-electron chi connectivity index (χ4n) is 1.79. The third-order valence-electron chi connectivity index (χ3n) is 2.96. The van der Waals surface area contributed by atoms with Crippen LogP contribution in [-0.4, -0.2) is 24.8 Å². The van der Waals surface area contributed by atoms with Crippen molar-refractivity contribution in [2.45, 2.75) is 6.54 Å². The number of rotatable bonds is 4. The zero-order valence-electron chi connectivity index (χ0n) is 12.9. The minimum absolute atomic E-state index is 0.0386. The Kier molecular flexibility index (Phi) is 6.26. The van der Waals surface area contributed by atoms with Crippen LogP contribution in [0.5, 0.6) is 5.75 Å². The quantitative estimate of drug-likeness (QED) is 0.547. The molecule has 0 saturated carbocycles. The van der Waals surface area contributed by atoms with Gasteiger partial charge in [0.1, 0.15) is 5.76 Å². The maximum atomic E-state index is 12.0. The summed E-state index contributed by atoms with van der Waals surface area (Å²) >= 11 is 11.9. The Bertz CT molecular complexity index is 769. The van der Waals surface area contributed by atoms with E-state index in [0.717, 1.165) is 0 Å². The van der Waals surface area contributed by atoms with Crippen molar-refractivity contribution in [3.8, 4) is 5.75 Å². The fourth-order valence-corrected chi connectivity index (χ4v) is 2.43. The molecule has 0 aliphatic heterocycles. The molecule has 1 aromatic carbocycles. The second-order valence-electron chi connectivity index (χ2n) is 4.64. The molecule has 0 aliphatic rings. The molecule has 25 heavy (non-hydrogen) atoms. The van der Waals surface area contributed by atoms with Gasteiger partial charge >= 0.3 is 11.8 Å².